The van der Waals surface area contributed by atoms with Gasteiger partial charge in [-0.25, -0.2) is 0 Å². The lowest BCUT2D eigenvalue weighted by Gasteiger charge is -2.21. The van der Waals surface area contributed by atoms with Gasteiger partial charge in [0.25, 0.3) is 0 Å². The monoisotopic (exact) mass is 798 g/mol. The fourth-order valence-corrected chi connectivity index (χ4v) is 6.03. The van der Waals surface area contributed by atoms with E-state index in [0.717, 1.165) is 51.4 Å². The minimum absolute atomic E-state index is 0.0823. The summed E-state index contributed by atoms with van der Waals surface area (Å²) in [6, 6.07) is 0. The van der Waals surface area contributed by atoms with E-state index in [9.17, 15) is 14.4 Å². The normalized spacial score (nSPS) is 13.4. The number of nitrogens with zero attached hydrogens (tertiary/aromatic N) is 1. The van der Waals surface area contributed by atoms with Gasteiger partial charge in [-0.1, -0.05) is 170 Å². The van der Waals surface area contributed by atoms with Crippen LogP contribution >= 0.6 is 0 Å². The maximum Gasteiger partial charge on any atom is 0.309 e. The lowest BCUT2D eigenvalue weighted by atomic mass is 10.0. The largest absolute Gasteiger partial charge is 0.462 e. The lowest BCUT2D eigenvalue weighted by molar-refractivity contribution is -0.165. The second kappa shape index (κ2) is 42.4. The third-order valence-electron chi connectivity index (χ3n) is 9.08. The molecule has 8 heteroatoms. The van der Waals surface area contributed by atoms with Crippen LogP contribution in [0, 0.1) is 0 Å². The molecule has 2 atom stereocenters. The molecule has 2 unspecified atom stereocenters. The molecule has 0 saturated carbocycles. The molecule has 0 aromatic rings. The van der Waals surface area contributed by atoms with Crippen LogP contribution in [-0.4, -0.2) is 75.5 Å². The smallest absolute Gasteiger partial charge is 0.309 e. The van der Waals surface area contributed by atoms with Gasteiger partial charge in [0, 0.05) is 26.5 Å². The number of esters is 3. The highest BCUT2D eigenvalue weighted by molar-refractivity contribution is 5.72. The Morgan fingerprint density at radius 2 is 0.982 bits per heavy atom. The van der Waals surface area contributed by atoms with Gasteiger partial charge in [-0.2, -0.15) is 0 Å². The molecule has 8 nitrogen and oxygen atoms in total. The number of allylic oxidation sites excluding steroid dienone is 12. The van der Waals surface area contributed by atoms with Crippen LogP contribution in [0.1, 0.15) is 168 Å². The van der Waals surface area contributed by atoms with Crippen LogP contribution in [-0.2, 0) is 33.3 Å². The maximum atomic E-state index is 12.7. The minimum atomic E-state index is -0.709. The standard InChI is InChI=1S/C49H83NO7/c1-6-8-10-12-14-16-18-20-22-23-24-25-26-27-29-31-33-35-37-39-48(52)57-47(44-55-49(53)41-46(42-50(4)5)56-45(3)51)43-54-40-38-36-34-32-30-28-21-19-17-15-13-11-9-7-2/h8,10,14,16,20,22,24-25,27,29,33,35,46-47H,6-7,9,11-13,15,17-19,21,23,26,28,30-32,34,36-44H2,1-5H3/b10-8-,16-14-,22-20-,25-24-,29-27-,35-33-. The molecule has 326 valence electrons. The predicted octanol–water partition coefficient (Wildman–Crippen LogP) is 12.3. The van der Waals surface area contributed by atoms with Gasteiger partial charge in [-0.05, 0) is 65.5 Å². The Morgan fingerprint density at radius 1 is 0.526 bits per heavy atom. The molecule has 0 spiro atoms. The number of hydrogen-bond donors (Lipinski definition) is 0. The zero-order valence-corrected chi connectivity index (χ0v) is 37.0. The van der Waals surface area contributed by atoms with Gasteiger partial charge >= 0.3 is 17.9 Å². The summed E-state index contributed by atoms with van der Waals surface area (Å²) in [6.07, 6.45) is 49.0. The van der Waals surface area contributed by atoms with Crippen molar-refractivity contribution >= 4 is 17.9 Å². The third kappa shape index (κ3) is 42.2. The summed E-state index contributed by atoms with van der Waals surface area (Å²) >= 11 is 0. The molecule has 57 heavy (non-hydrogen) atoms. The number of hydrogen-bond acceptors (Lipinski definition) is 8. The molecule has 0 amide bonds. The molecule has 0 saturated heterocycles. The van der Waals surface area contributed by atoms with Crippen molar-refractivity contribution in [2.45, 2.75) is 181 Å². The first kappa shape index (κ1) is 53.8. The minimum Gasteiger partial charge on any atom is -0.462 e. The van der Waals surface area contributed by atoms with Crippen molar-refractivity contribution in [2.24, 2.45) is 0 Å². The van der Waals surface area contributed by atoms with Crippen molar-refractivity contribution in [1.29, 1.82) is 0 Å². The Hall–Kier alpha value is -3.23. The lowest BCUT2D eigenvalue weighted by Crippen LogP contribution is -2.34. The van der Waals surface area contributed by atoms with Gasteiger partial charge in [-0.15, -0.1) is 0 Å². The van der Waals surface area contributed by atoms with Crippen molar-refractivity contribution in [3.63, 3.8) is 0 Å². The molecule has 0 heterocycles. The second-order valence-electron chi connectivity index (χ2n) is 15.1. The summed E-state index contributed by atoms with van der Waals surface area (Å²) in [4.78, 5) is 38.7. The van der Waals surface area contributed by atoms with Gasteiger partial charge in [0.05, 0.1) is 13.0 Å². The highest BCUT2D eigenvalue weighted by atomic mass is 16.6. The summed E-state index contributed by atoms with van der Waals surface area (Å²) in [5, 5.41) is 0. The molecule has 0 aliphatic rings. The fourth-order valence-electron chi connectivity index (χ4n) is 6.03. The molecular formula is C49H83NO7. The number of likely N-dealkylation sites (N-methyl/N-ethyl adjacent to an activating group) is 1. The Kier molecular flexibility index (Phi) is 40.0. The van der Waals surface area contributed by atoms with Gasteiger partial charge in [0.1, 0.15) is 12.7 Å². The molecular weight excluding hydrogens is 715 g/mol. The summed E-state index contributed by atoms with van der Waals surface area (Å²) in [7, 11) is 3.68. The number of rotatable bonds is 39. The van der Waals surface area contributed by atoms with Crippen molar-refractivity contribution in [3.8, 4) is 0 Å². The number of carbonyl (C=O) groups excluding carboxylic acids is 3. The van der Waals surface area contributed by atoms with Crippen molar-refractivity contribution in [1.82, 2.24) is 4.90 Å². The highest BCUT2D eigenvalue weighted by Gasteiger charge is 2.22. The van der Waals surface area contributed by atoms with Crippen molar-refractivity contribution in [2.75, 3.05) is 40.5 Å². The van der Waals surface area contributed by atoms with Gasteiger partial charge < -0.3 is 23.8 Å². The van der Waals surface area contributed by atoms with E-state index < -0.39 is 24.1 Å². The molecule has 0 radical (unpaired) electrons. The zero-order chi connectivity index (χ0) is 41.9. The average molecular weight is 798 g/mol. The summed E-state index contributed by atoms with van der Waals surface area (Å²) in [6.45, 7) is 6.73. The first-order valence-corrected chi connectivity index (χ1v) is 22.4. The maximum absolute atomic E-state index is 12.7. The van der Waals surface area contributed by atoms with E-state index in [4.69, 9.17) is 18.9 Å². The van der Waals surface area contributed by atoms with E-state index in [1.165, 1.54) is 84.0 Å². The Bertz CT molecular complexity index is 1140. The van der Waals surface area contributed by atoms with Crippen LogP contribution in [0.4, 0.5) is 0 Å². The van der Waals surface area contributed by atoms with Crippen LogP contribution in [0.2, 0.25) is 0 Å². The van der Waals surface area contributed by atoms with E-state index in [2.05, 4.69) is 74.6 Å². The van der Waals surface area contributed by atoms with Crippen molar-refractivity contribution in [3.05, 3.63) is 72.9 Å². The number of unbranched alkanes of at least 4 members (excludes halogenated alkanes) is 13. The summed E-state index contributed by atoms with van der Waals surface area (Å²) in [5.41, 5.74) is 0. The first-order chi connectivity index (χ1) is 27.8. The molecule has 0 fully saturated rings. The summed E-state index contributed by atoms with van der Waals surface area (Å²) < 4.78 is 22.4. The molecule has 0 N–H and O–H groups in total. The Labute approximate surface area is 349 Å². The molecule has 0 rings (SSSR count). The van der Waals surface area contributed by atoms with E-state index in [0.29, 0.717) is 19.6 Å². The number of ether oxygens (including phenoxy) is 4. The van der Waals surface area contributed by atoms with Crippen LogP contribution in [0.5, 0.6) is 0 Å². The Morgan fingerprint density at radius 3 is 1.44 bits per heavy atom. The van der Waals surface area contributed by atoms with Gasteiger partial charge in [0.2, 0.25) is 0 Å². The SMILES string of the molecule is CC/C=C\C/C=C\C/C=C\C/C=C\C/C=C\C/C=C\CCC(=O)OC(COCCCCCCCCCCCCCCCC)COC(=O)CC(CN(C)C)OC(C)=O. The van der Waals surface area contributed by atoms with Crippen molar-refractivity contribution < 1.29 is 33.3 Å². The van der Waals surface area contributed by atoms with Gasteiger partial charge in [0.15, 0.2) is 6.10 Å². The molecule has 0 aliphatic carbocycles. The van der Waals surface area contributed by atoms with E-state index in [1.807, 2.05) is 31.1 Å². The third-order valence-corrected chi connectivity index (χ3v) is 9.08. The average Bonchev–Trinajstić information content (AvgIpc) is 3.17. The van der Waals surface area contributed by atoms with Crippen LogP contribution in [0.15, 0.2) is 72.9 Å². The first-order valence-electron chi connectivity index (χ1n) is 22.4. The molecule has 0 aromatic carbocycles. The van der Waals surface area contributed by atoms with E-state index in [1.54, 1.807) is 0 Å². The second-order valence-corrected chi connectivity index (χ2v) is 15.1. The zero-order valence-electron chi connectivity index (χ0n) is 37.0. The predicted molar refractivity (Wildman–Crippen MR) is 238 cm³/mol. The van der Waals surface area contributed by atoms with Crippen LogP contribution in [0.25, 0.3) is 0 Å². The number of carbonyl (C=O) groups is 3. The van der Waals surface area contributed by atoms with E-state index in [-0.39, 0.29) is 32.0 Å². The molecule has 0 bridgehead atoms. The highest BCUT2D eigenvalue weighted by Crippen LogP contribution is 2.13. The van der Waals surface area contributed by atoms with E-state index >= 15 is 0 Å². The van der Waals surface area contributed by atoms with Gasteiger partial charge in [-0.3, -0.25) is 14.4 Å². The van der Waals surface area contributed by atoms with Crippen LogP contribution < -0.4 is 0 Å². The topological polar surface area (TPSA) is 91.4 Å². The quantitative estimate of drug-likeness (QED) is 0.0263. The molecule has 0 aliphatic heterocycles. The summed E-state index contributed by atoms with van der Waals surface area (Å²) in [5.74, 6) is -1.33. The van der Waals surface area contributed by atoms with Crippen LogP contribution in [0.3, 0.4) is 0 Å². The molecule has 0 aromatic heterocycles. The fraction of sp³-hybridized carbons (Fsp3) is 0.694. The Balaban J connectivity index is 4.51.